The smallest absolute Gasteiger partial charge is 0.222 e. The van der Waals surface area contributed by atoms with Gasteiger partial charge in [-0.1, -0.05) is 13.8 Å². The summed E-state index contributed by atoms with van der Waals surface area (Å²) >= 11 is 0. The van der Waals surface area contributed by atoms with Gasteiger partial charge in [0.15, 0.2) is 0 Å². The fourth-order valence-electron chi connectivity index (χ4n) is 1.50. The molecule has 0 aliphatic rings. The maximum Gasteiger partial charge on any atom is 0.222 e. The van der Waals surface area contributed by atoms with Crippen LogP contribution in [0.15, 0.2) is 6.07 Å². The van der Waals surface area contributed by atoms with Gasteiger partial charge >= 0.3 is 0 Å². The molecule has 1 heterocycles. The minimum atomic E-state index is 0.226. The van der Waals surface area contributed by atoms with E-state index in [-0.39, 0.29) is 6.04 Å². The fourth-order valence-corrected chi connectivity index (χ4v) is 1.50. The highest BCUT2D eigenvalue weighted by Crippen LogP contribution is 2.13. The zero-order chi connectivity index (χ0) is 12.8. The first-order valence-electron chi connectivity index (χ1n) is 5.98. The number of nitrogens with one attached hydrogen (secondary N) is 1. The van der Waals surface area contributed by atoms with Crippen molar-refractivity contribution < 1.29 is 4.74 Å². The number of nitrogens with zero attached hydrogens (tertiary/aromatic N) is 2. The van der Waals surface area contributed by atoms with Crippen LogP contribution < -0.4 is 11.1 Å². The van der Waals surface area contributed by atoms with Crippen molar-refractivity contribution in [2.45, 2.75) is 33.7 Å². The lowest BCUT2D eigenvalue weighted by Gasteiger charge is -2.22. The minimum Gasteiger partial charge on any atom is -0.380 e. The molecule has 17 heavy (non-hydrogen) atoms. The van der Waals surface area contributed by atoms with Gasteiger partial charge in [0.2, 0.25) is 5.95 Å². The van der Waals surface area contributed by atoms with Gasteiger partial charge in [0.1, 0.15) is 5.82 Å². The topological polar surface area (TPSA) is 73.1 Å². The number of aromatic nitrogens is 2. The van der Waals surface area contributed by atoms with Gasteiger partial charge in [-0.2, -0.15) is 4.98 Å². The van der Waals surface area contributed by atoms with Gasteiger partial charge in [0.25, 0.3) is 0 Å². The van der Waals surface area contributed by atoms with Crippen LogP contribution in [-0.2, 0) is 4.74 Å². The summed E-state index contributed by atoms with van der Waals surface area (Å²) in [6, 6.07) is 2.11. The Labute approximate surface area is 103 Å². The van der Waals surface area contributed by atoms with Gasteiger partial charge in [-0.3, -0.25) is 0 Å². The maximum atomic E-state index is 5.62. The monoisotopic (exact) mass is 238 g/mol. The predicted molar refractivity (Wildman–Crippen MR) is 69.9 cm³/mol. The summed E-state index contributed by atoms with van der Waals surface area (Å²) in [5, 5.41) is 3.34. The lowest BCUT2D eigenvalue weighted by molar-refractivity contribution is 0.126. The van der Waals surface area contributed by atoms with Crippen molar-refractivity contribution in [3.05, 3.63) is 11.8 Å². The molecule has 0 saturated heterocycles. The average Bonchev–Trinajstić information content (AvgIpc) is 2.22. The highest BCUT2D eigenvalue weighted by atomic mass is 16.5. The molecule has 0 amide bonds. The Morgan fingerprint density at radius 1 is 1.41 bits per heavy atom. The van der Waals surface area contributed by atoms with Crippen LogP contribution in [0.1, 0.15) is 26.5 Å². The van der Waals surface area contributed by atoms with Crippen LogP contribution in [0.2, 0.25) is 0 Å². The van der Waals surface area contributed by atoms with Gasteiger partial charge in [-0.25, -0.2) is 4.98 Å². The highest BCUT2D eigenvalue weighted by molar-refractivity contribution is 5.41. The first kappa shape index (κ1) is 13.7. The molecule has 0 radical (unpaired) electrons. The van der Waals surface area contributed by atoms with E-state index in [9.17, 15) is 0 Å². The third-order valence-corrected chi connectivity index (χ3v) is 2.51. The van der Waals surface area contributed by atoms with Crippen molar-refractivity contribution in [2.24, 2.45) is 5.92 Å². The summed E-state index contributed by atoms with van der Waals surface area (Å²) in [5.74, 6) is 1.51. The summed E-state index contributed by atoms with van der Waals surface area (Å²) in [6.07, 6.45) is 0. The number of hydrogen-bond donors (Lipinski definition) is 2. The van der Waals surface area contributed by atoms with Crippen LogP contribution in [0, 0.1) is 12.8 Å². The van der Waals surface area contributed by atoms with Gasteiger partial charge in [0.05, 0.1) is 12.6 Å². The molecule has 0 aliphatic heterocycles. The first-order chi connectivity index (χ1) is 8.02. The van der Waals surface area contributed by atoms with E-state index in [0.717, 1.165) is 18.1 Å². The molecule has 1 aromatic rings. The molecule has 0 aromatic carbocycles. The summed E-state index contributed by atoms with van der Waals surface area (Å²) in [6.45, 7) is 9.56. The molecular formula is C12H22N4O. The van der Waals surface area contributed by atoms with Gasteiger partial charge in [0, 0.05) is 18.4 Å². The largest absolute Gasteiger partial charge is 0.380 e. The third kappa shape index (κ3) is 4.56. The SMILES string of the molecule is CCOCC(Nc1cc(C)nc(N)n1)C(C)C. The second kappa shape index (κ2) is 6.39. The van der Waals surface area contributed by atoms with Gasteiger partial charge in [-0.05, 0) is 19.8 Å². The van der Waals surface area contributed by atoms with E-state index >= 15 is 0 Å². The number of anilines is 2. The minimum absolute atomic E-state index is 0.226. The van der Waals surface area contributed by atoms with E-state index in [1.165, 1.54) is 0 Å². The number of rotatable bonds is 6. The molecule has 1 unspecified atom stereocenters. The first-order valence-corrected chi connectivity index (χ1v) is 5.98. The van der Waals surface area contributed by atoms with Gasteiger partial charge < -0.3 is 15.8 Å². The van der Waals surface area contributed by atoms with Crippen molar-refractivity contribution in [3.8, 4) is 0 Å². The fraction of sp³-hybridized carbons (Fsp3) is 0.667. The molecule has 0 fully saturated rings. The molecule has 5 heteroatoms. The van der Waals surface area contributed by atoms with E-state index in [0.29, 0.717) is 18.5 Å². The molecule has 1 rings (SSSR count). The molecule has 3 N–H and O–H groups in total. The van der Waals surface area contributed by atoms with E-state index in [1.54, 1.807) is 0 Å². The van der Waals surface area contributed by atoms with E-state index in [4.69, 9.17) is 10.5 Å². The maximum absolute atomic E-state index is 5.62. The number of nitrogens with two attached hydrogens (primary N) is 1. The summed E-state index contributed by atoms with van der Waals surface area (Å²) < 4.78 is 5.45. The molecule has 0 saturated carbocycles. The summed E-state index contributed by atoms with van der Waals surface area (Å²) in [4.78, 5) is 8.21. The molecule has 0 spiro atoms. The molecule has 96 valence electrons. The normalized spacial score (nSPS) is 12.8. The quantitative estimate of drug-likeness (QED) is 0.791. The van der Waals surface area contributed by atoms with Crippen LogP contribution in [0.25, 0.3) is 0 Å². The van der Waals surface area contributed by atoms with E-state index < -0.39 is 0 Å². The van der Waals surface area contributed by atoms with Crippen LogP contribution in [0.4, 0.5) is 11.8 Å². The lowest BCUT2D eigenvalue weighted by atomic mass is 10.1. The second-order valence-corrected chi connectivity index (χ2v) is 4.41. The van der Waals surface area contributed by atoms with Crippen LogP contribution in [-0.4, -0.2) is 29.2 Å². The standard InChI is InChI=1S/C12H22N4O/c1-5-17-7-10(8(2)3)15-11-6-9(4)14-12(13)16-11/h6,8,10H,5,7H2,1-4H3,(H3,13,14,15,16). The summed E-state index contributed by atoms with van der Waals surface area (Å²) in [7, 11) is 0. The molecule has 1 aromatic heterocycles. The zero-order valence-electron chi connectivity index (χ0n) is 11.0. The van der Waals surface area contributed by atoms with Crippen molar-refractivity contribution in [2.75, 3.05) is 24.3 Å². The van der Waals surface area contributed by atoms with Gasteiger partial charge in [-0.15, -0.1) is 0 Å². The molecule has 0 bridgehead atoms. The Kier molecular flexibility index (Phi) is 5.15. The molecule has 5 nitrogen and oxygen atoms in total. The van der Waals surface area contributed by atoms with Crippen LogP contribution in [0.5, 0.6) is 0 Å². The number of hydrogen-bond acceptors (Lipinski definition) is 5. The Bertz CT molecular complexity index is 334. The Morgan fingerprint density at radius 3 is 2.65 bits per heavy atom. The average molecular weight is 238 g/mol. The van der Waals surface area contributed by atoms with Crippen molar-refractivity contribution >= 4 is 11.8 Å². The van der Waals surface area contributed by atoms with Crippen LogP contribution >= 0.6 is 0 Å². The van der Waals surface area contributed by atoms with Crippen molar-refractivity contribution in [1.82, 2.24) is 9.97 Å². The predicted octanol–water partition coefficient (Wildman–Crippen LogP) is 1.84. The molecular weight excluding hydrogens is 216 g/mol. The zero-order valence-corrected chi connectivity index (χ0v) is 11.0. The Morgan fingerprint density at radius 2 is 2.12 bits per heavy atom. The van der Waals surface area contributed by atoms with E-state index in [1.807, 2.05) is 19.9 Å². The van der Waals surface area contributed by atoms with E-state index in [2.05, 4.69) is 29.1 Å². The molecule has 0 aliphatic carbocycles. The molecule has 1 atom stereocenters. The van der Waals surface area contributed by atoms with Crippen molar-refractivity contribution in [3.63, 3.8) is 0 Å². The summed E-state index contributed by atoms with van der Waals surface area (Å²) in [5.41, 5.74) is 6.48. The third-order valence-electron chi connectivity index (χ3n) is 2.51. The van der Waals surface area contributed by atoms with Crippen molar-refractivity contribution in [1.29, 1.82) is 0 Å². The highest BCUT2D eigenvalue weighted by Gasteiger charge is 2.14. The Balaban J connectivity index is 2.71. The van der Waals surface area contributed by atoms with Crippen LogP contribution in [0.3, 0.4) is 0 Å². The number of ether oxygens (including phenoxy) is 1. The second-order valence-electron chi connectivity index (χ2n) is 4.41. The lowest BCUT2D eigenvalue weighted by Crippen LogP contribution is -2.31. The number of nitrogen functional groups attached to an aromatic ring is 1. The number of aryl methyl sites for hydroxylation is 1. The Hall–Kier alpha value is -1.36.